The molecule has 1 aromatic rings. The molecule has 1 saturated heterocycles. The molecule has 1 aromatic heterocycles. The monoisotopic (exact) mass is 332 g/mol. The standard InChI is InChI=1S/C16H20N4O2S/c1-9(20-6-5-10(8-20)14(18)21)15(22)19-16-12(7-17)11-3-2-4-13(11)23-16/h9-10H,2-6,8H2,1H3,(H2,18,21)(H,19,22)/t9-,10-/m0/s1. The van der Waals surface area contributed by atoms with Crippen molar-refractivity contribution in [3.8, 4) is 6.07 Å². The van der Waals surface area contributed by atoms with E-state index in [9.17, 15) is 14.9 Å². The second-order valence-corrected chi connectivity index (χ2v) is 7.33. The minimum atomic E-state index is -0.345. The van der Waals surface area contributed by atoms with E-state index in [1.807, 2.05) is 11.8 Å². The van der Waals surface area contributed by atoms with E-state index in [4.69, 9.17) is 5.73 Å². The zero-order chi connectivity index (χ0) is 16.6. The fourth-order valence-electron chi connectivity index (χ4n) is 3.36. The molecule has 0 saturated carbocycles. The summed E-state index contributed by atoms with van der Waals surface area (Å²) in [5.41, 5.74) is 7.07. The number of aryl methyl sites for hydroxylation is 1. The molecule has 1 aliphatic carbocycles. The maximum atomic E-state index is 12.5. The average Bonchev–Trinajstić information content (AvgIpc) is 3.21. The van der Waals surface area contributed by atoms with Crippen LogP contribution in [0.1, 0.15) is 35.8 Å². The number of carbonyl (C=O) groups excluding carboxylic acids is 2. The van der Waals surface area contributed by atoms with E-state index in [2.05, 4.69) is 11.4 Å². The molecule has 2 aliphatic rings. The van der Waals surface area contributed by atoms with Gasteiger partial charge in [-0.25, -0.2) is 0 Å². The Labute approximate surface area is 139 Å². The quantitative estimate of drug-likeness (QED) is 0.866. The van der Waals surface area contributed by atoms with Gasteiger partial charge in [-0.1, -0.05) is 0 Å². The summed E-state index contributed by atoms with van der Waals surface area (Å²) in [4.78, 5) is 26.9. The van der Waals surface area contributed by atoms with Crippen LogP contribution in [0.2, 0.25) is 0 Å². The number of hydrogen-bond acceptors (Lipinski definition) is 5. The van der Waals surface area contributed by atoms with Crippen molar-refractivity contribution in [2.24, 2.45) is 11.7 Å². The van der Waals surface area contributed by atoms with Crippen molar-refractivity contribution in [3.05, 3.63) is 16.0 Å². The highest BCUT2D eigenvalue weighted by atomic mass is 32.1. The molecule has 122 valence electrons. The molecule has 1 fully saturated rings. The zero-order valence-corrected chi connectivity index (χ0v) is 13.9. The van der Waals surface area contributed by atoms with Gasteiger partial charge in [0.05, 0.1) is 17.5 Å². The predicted octanol–water partition coefficient (Wildman–Crippen LogP) is 1.24. The van der Waals surface area contributed by atoms with Crippen LogP contribution >= 0.6 is 11.3 Å². The van der Waals surface area contributed by atoms with Crippen molar-refractivity contribution in [1.29, 1.82) is 5.26 Å². The lowest BCUT2D eigenvalue weighted by Gasteiger charge is -2.23. The minimum Gasteiger partial charge on any atom is -0.369 e. The number of amides is 2. The Bertz CT molecular complexity index is 691. The van der Waals surface area contributed by atoms with Gasteiger partial charge >= 0.3 is 0 Å². The Hall–Kier alpha value is -1.91. The Kier molecular flexibility index (Phi) is 4.37. The Morgan fingerprint density at radius 2 is 2.26 bits per heavy atom. The van der Waals surface area contributed by atoms with Gasteiger partial charge in [0.15, 0.2) is 0 Å². The lowest BCUT2D eigenvalue weighted by molar-refractivity contribution is -0.123. The topological polar surface area (TPSA) is 99.2 Å². The first-order valence-corrected chi connectivity index (χ1v) is 8.71. The second-order valence-electron chi connectivity index (χ2n) is 6.22. The van der Waals surface area contributed by atoms with Crippen LogP contribution in [-0.2, 0) is 22.4 Å². The van der Waals surface area contributed by atoms with Crippen molar-refractivity contribution < 1.29 is 9.59 Å². The summed E-state index contributed by atoms with van der Waals surface area (Å²) in [6, 6.07) is 1.89. The van der Waals surface area contributed by atoms with E-state index >= 15 is 0 Å². The van der Waals surface area contributed by atoms with Crippen LogP contribution in [0.4, 0.5) is 5.00 Å². The van der Waals surface area contributed by atoms with Crippen molar-refractivity contribution in [1.82, 2.24) is 4.90 Å². The van der Waals surface area contributed by atoms with E-state index < -0.39 is 0 Å². The van der Waals surface area contributed by atoms with Crippen molar-refractivity contribution in [2.75, 3.05) is 18.4 Å². The number of likely N-dealkylation sites (tertiary alicyclic amines) is 1. The summed E-state index contributed by atoms with van der Waals surface area (Å²) in [5, 5.41) is 13.0. The van der Waals surface area contributed by atoms with Gasteiger partial charge in [-0.15, -0.1) is 11.3 Å². The fourth-order valence-corrected chi connectivity index (χ4v) is 4.61. The molecule has 2 heterocycles. The lowest BCUT2D eigenvalue weighted by atomic mass is 10.1. The van der Waals surface area contributed by atoms with Crippen LogP contribution in [0.3, 0.4) is 0 Å². The number of nitriles is 1. The summed E-state index contributed by atoms with van der Waals surface area (Å²) in [7, 11) is 0. The van der Waals surface area contributed by atoms with Crippen LogP contribution in [-0.4, -0.2) is 35.8 Å². The Balaban J connectivity index is 1.68. The Morgan fingerprint density at radius 1 is 1.48 bits per heavy atom. The van der Waals surface area contributed by atoms with Gasteiger partial charge in [0.25, 0.3) is 0 Å². The number of nitrogens with two attached hydrogens (primary N) is 1. The molecule has 0 bridgehead atoms. The van der Waals surface area contributed by atoms with Crippen molar-refractivity contribution >= 4 is 28.2 Å². The van der Waals surface area contributed by atoms with Gasteiger partial charge in [0, 0.05) is 11.4 Å². The lowest BCUT2D eigenvalue weighted by Crippen LogP contribution is -2.41. The van der Waals surface area contributed by atoms with Gasteiger partial charge in [-0.3, -0.25) is 14.5 Å². The van der Waals surface area contributed by atoms with Crippen LogP contribution < -0.4 is 11.1 Å². The third-order valence-electron chi connectivity index (χ3n) is 4.82. The highest BCUT2D eigenvalue weighted by molar-refractivity contribution is 7.16. The van der Waals surface area contributed by atoms with Crippen molar-refractivity contribution in [3.63, 3.8) is 0 Å². The molecule has 3 rings (SSSR count). The maximum absolute atomic E-state index is 12.5. The molecule has 7 heteroatoms. The summed E-state index contributed by atoms with van der Waals surface area (Å²) < 4.78 is 0. The number of primary amides is 1. The number of carbonyl (C=O) groups is 2. The fraction of sp³-hybridized carbons (Fsp3) is 0.562. The van der Waals surface area contributed by atoms with E-state index in [1.54, 1.807) is 0 Å². The van der Waals surface area contributed by atoms with E-state index in [1.165, 1.54) is 16.2 Å². The van der Waals surface area contributed by atoms with Crippen molar-refractivity contribution in [2.45, 2.75) is 38.6 Å². The molecule has 0 unspecified atom stereocenters. The third-order valence-corrected chi connectivity index (χ3v) is 6.03. The SMILES string of the molecule is C[C@@H](C(=O)Nc1sc2c(c1C#N)CCC2)N1CC[C@H](C(N)=O)C1. The van der Waals surface area contributed by atoms with Crippen LogP contribution in [0.25, 0.3) is 0 Å². The summed E-state index contributed by atoms with van der Waals surface area (Å²) in [5.74, 6) is -0.612. The first-order valence-electron chi connectivity index (χ1n) is 7.90. The van der Waals surface area contributed by atoms with E-state index in [0.717, 1.165) is 24.8 Å². The first-order chi connectivity index (χ1) is 11.0. The van der Waals surface area contributed by atoms with Gasteiger partial charge in [-0.05, 0) is 44.7 Å². The van der Waals surface area contributed by atoms with E-state index in [-0.39, 0.29) is 23.8 Å². The van der Waals surface area contributed by atoms with Gasteiger partial charge < -0.3 is 11.1 Å². The number of nitrogens with one attached hydrogen (secondary N) is 1. The van der Waals surface area contributed by atoms with Crippen LogP contribution in [0, 0.1) is 17.2 Å². The summed E-state index contributed by atoms with van der Waals surface area (Å²) in [6.45, 7) is 3.04. The number of hydrogen-bond donors (Lipinski definition) is 2. The number of nitrogens with zero attached hydrogens (tertiary/aromatic N) is 2. The Morgan fingerprint density at radius 3 is 2.91 bits per heavy atom. The van der Waals surface area contributed by atoms with Gasteiger partial charge in [0.2, 0.25) is 11.8 Å². The molecule has 0 aromatic carbocycles. The molecule has 1 aliphatic heterocycles. The van der Waals surface area contributed by atoms with Gasteiger partial charge in [-0.2, -0.15) is 5.26 Å². The smallest absolute Gasteiger partial charge is 0.242 e. The van der Waals surface area contributed by atoms with E-state index in [0.29, 0.717) is 30.1 Å². The molecule has 2 amide bonds. The molecular weight excluding hydrogens is 312 g/mol. The molecule has 0 spiro atoms. The number of fused-ring (bicyclic) bond motifs is 1. The molecule has 2 atom stereocenters. The number of rotatable bonds is 4. The average molecular weight is 332 g/mol. The largest absolute Gasteiger partial charge is 0.369 e. The summed E-state index contributed by atoms with van der Waals surface area (Å²) >= 11 is 1.52. The first kappa shape index (κ1) is 16.0. The van der Waals surface area contributed by atoms with Crippen LogP contribution in [0.15, 0.2) is 0 Å². The second kappa shape index (κ2) is 6.30. The molecule has 0 radical (unpaired) electrons. The normalized spacial score (nSPS) is 21.7. The minimum absolute atomic E-state index is 0.133. The molecular formula is C16H20N4O2S. The molecule has 23 heavy (non-hydrogen) atoms. The number of thiophene rings is 1. The third kappa shape index (κ3) is 2.96. The zero-order valence-electron chi connectivity index (χ0n) is 13.1. The highest BCUT2D eigenvalue weighted by Gasteiger charge is 2.33. The summed E-state index contributed by atoms with van der Waals surface area (Å²) in [6.07, 6.45) is 3.70. The highest BCUT2D eigenvalue weighted by Crippen LogP contribution is 2.38. The predicted molar refractivity (Wildman–Crippen MR) is 88.0 cm³/mol. The number of anilines is 1. The molecule has 6 nitrogen and oxygen atoms in total. The van der Waals surface area contributed by atoms with Crippen LogP contribution in [0.5, 0.6) is 0 Å². The molecule has 3 N–H and O–H groups in total. The maximum Gasteiger partial charge on any atom is 0.242 e. The van der Waals surface area contributed by atoms with Gasteiger partial charge in [0.1, 0.15) is 11.1 Å².